The Hall–Kier alpha value is -3.35. The number of benzene rings is 2. The van der Waals surface area contributed by atoms with E-state index in [-0.39, 0.29) is 36.9 Å². The number of carbonyl (C=O) groups excluding carboxylic acids is 3. The fourth-order valence-electron chi connectivity index (χ4n) is 3.72. The van der Waals surface area contributed by atoms with Gasteiger partial charge in [-0.25, -0.2) is 0 Å². The van der Waals surface area contributed by atoms with Crippen LogP contribution in [0.25, 0.3) is 0 Å². The second-order valence-electron chi connectivity index (χ2n) is 8.43. The third-order valence-corrected chi connectivity index (χ3v) is 5.79. The van der Waals surface area contributed by atoms with Crippen molar-refractivity contribution >= 4 is 23.3 Å². The maximum absolute atomic E-state index is 12.8. The Morgan fingerprint density at radius 2 is 1.91 bits per heavy atom. The van der Waals surface area contributed by atoms with Gasteiger partial charge in [-0.05, 0) is 62.9 Å². The largest absolute Gasteiger partial charge is 0.485 e. The highest BCUT2D eigenvalue weighted by Gasteiger charge is 2.26. The van der Waals surface area contributed by atoms with Crippen molar-refractivity contribution in [1.29, 1.82) is 0 Å². The van der Waals surface area contributed by atoms with Crippen molar-refractivity contribution in [2.24, 2.45) is 0 Å². The Balaban J connectivity index is 1.67. The Labute approximate surface area is 195 Å². The second kappa shape index (κ2) is 11.0. The van der Waals surface area contributed by atoms with Crippen molar-refractivity contribution in [1.82, 2.24) is 5.32 Å². The molecule has 176 valence electrons. The molecule has 2 aromatic carbocycles. The van der Waals surface area contributed by atoms with Crippen LogP contribution in [0.4, 0.5) is 5.69 Å². The zero-order valence-corrected chi connectivity index (χ0v) is 19.8. The van der Waals surface area contributed by atoms with E-state index >= 15 is 0 Å². The number of ketones is 1. The van der Waals surface area contributed by atoms with Gasteiger partial charge in [0.1, 0.15) is 11.5 Å². The summed E-state index contributed by atoms with van der Waals surface area (Å²) in [6, 6.07) is 11.0. The molecular weight excluding hydrogens is 420 g/mol. The van der Waals surface area contributed by atoms with Crippen molar-refractivity contribution in [2.45, 2.75) is 53.0 Å². The predicted molar refractivity (Wildman–Crippen MR) is 127 cm³/mol. The summed E-state index contributed by atoms with van der Waals surface area (Å²) < 4.78 is 11.3. The van der Waals surface area contributed by atoms with E-state index in [1.54, 1.807) is 23.1 Å². The minimum atomic E-state index is -0.193. The number of ether oxygens (including phenoxy) is 2. The van der Waals surface area contributed by atoms with Crippen LogP contribution >= 0.6 is 0 Å². The monoisotopic (exact) mass is 452 g/mol. The van der Waals surface area contributed by atoms with Crippen LogP contribution in [-0.4, -0.2) is 43.4 Å². The van der Waals surface area contributed by atoms with Crippen LogP contribution in [0, 0.1) is 13.8 Å². The Kier molecular flexibility index (Phi) is 8.09. The predicted octanol–water partition coefficient (Wildman–Crippen LogP) is 3.99. The van der Waals surface area contributed by atoms with Crippen molar-refractivity contribution in [2.75, 3.05) is 24.7 Å². The van der Waals surface area contributed by atoms with Crippen molar-refractivity contribution in [3.05, 3.63) is 53.1 Å². The summed E-state index contributed by atoms with van der Waals surface area (Å²) >= 11 is 0. The van der Waals surface area contributed by atoms with Gasteiger partial charge in [-0.3, -0.25) is 14.4 Å². The quantitative estimate of drug-likeness (QED) is 0.551. The van der Waals surface area contributed by atoms with E-state index < -0.39 is 0 Å². The Bertz CT molecular complexity index is 1010. The lowest BCUT2D eigenvalue weighted by molar-refractivity contribution is -0.123. The van der Waals surface area contributed by atoms with E-state index in [1.807, 2.05) is 45.9 Å². The highest BCUT2D eigenvalue weighted by molar-refractivity contribution is 6.02. The number of para-hydroxylation sites is 1. The van der Waals surface area contributed by atoms with E-state index in [2.05, 4.69) is 5.32 Å². The topological polar surface area (TPSA) is 84.9 Å². The molecule has 33 heavy (non-hydrogen) atoms. The first-order valence-electron chi connectivity index (χ1n) is 11.4. The van der Waals surface area contributed by atoms with Crippen LogP contribution in [0.1, 0.15) is 54.6 Å². The van der Waals surface area contributed by atoms with Gasteiger partial charge < -0.3 is 19.7 Å². The molecule has 1 atom stereocenters. The number of nitrogens with one attached hydrogen (secondary N) is 1. The van der Waals surface area contributed by atoms with Gasteiger partial charge >= 0.3 is 0 Å². The minimum Gasteiger partial charge on any atom is -0.485 e. The molecule has 2 aromatic rings. The third kappa shape index (κ3) is 6.12. The first-order valence-corrected chi connectivity index (χ1v) is 11.4. The Morgan fingerprint density at radius 3 is 2.61 bits per heavy atom. The highest BCUT2D eigenvalue weighted by atomic mass is 16.5. The number of hydrogen-bond acceptors (Lipinski definition) is 5. The lowest BCUT2D eigenvalue weighted by Crippen LogP contribution is -2.40. The number of amides is 2. The summed E-state index contributed by atoms with van der Waals surface area (Å²) in [4.78, 5) is 39.0. The average Bonchev–Trinajstić information content (AvgIpc) is 2.79. The number of hydrogen-bond donors (Lipinski definition) is 1. The van der Waals surface area contributed by atoms with Crippen LogP contribution < -0.4 is 19.7 Å². The lowest BCUT2D eigenvalue weighted by Gasteiger charge is -2.29. The third-order valence-electron chi connectivity index (χ3n) is 5.79. The van der Waals surface area contributed by atoms with Gasteiger partial charge in [-0.1, -0.05) is 25.1 Å². The molecular formula is C26H32N2O5. The zero-order chi connectivity index (χ0) is 24.0. The number of nitrogens with zero attached hydrogens (tertiary/aromatic N) is 1. The van der Waals surface area contributed by atoms with Crippen LogP contribution in [0.5, 0.6) is 11.5 Å². The van der Waals surface area contributed by atoms with Gasteiger partial charge in [-0.2, -0.15) is 0 Å². The first-order chi connectivity index (χ1) is 15.8. The molecule has 0 bridgehead atoms. The number of fused-ring (bicyclic) bond motifs is 1. The van der Waals surface area contributed by atoms with Crippen LogP contribution in [0.15, 0.2) is 36.4 Å². The summed E-state index contributed by atoms with van der Waals surface area (Å²) in [5.41, 5.74) is 2.93. The molecule has 3 rings (SSSR count). The maximum Gasteiger partial charge on any atom is 0.265 e. The lowest BCUT2D eigenvalue weighted by atomic mass is 10.1. The van der Waals surface area contributed by atoms with Crippen molar-refractivity contribution in [3.8, 4) is 11.5 Å². The fraction of sp³-hybridized carbons (Fsp3) is 0.423. The van der Waals surface area contributed by atoms with Crippen LogP contribution in [0.2, 0.25) is 0 Å². The number of anilines is 1. The first kappa shape index (κ1) is 24.3. The van der Waals surface area contributed by atoms with E-state index in [9.17, 15) is 14.4 Å². The highest BCUT2D eigenvalue weighted by Crippen LogP contribution is 2.33. The maximum atomic E-state index is 12.8. The number of rotatable bonds is 10. The smallest absolute Gasteiger partial charge is 0.265 e. The molecule has 0 aromatic heterocycles. The van der Waals surface area contributed by atoms with E-state index in [0.717, 1.165) is 17.5 Å². The van der Waals surface area contributed by atoms with E-state index in [1.165, 1.54) is 0 Å². The molecule has 2 amide bonds. The average molecular weight is 453 g/mol. The summed E-state index contributed by atoms with van der Waals surface area (Å²) in [6.07, 6.45) is 1.71. The van der Waals surface area contributed by atoms with Gasteiger partial charge in [0.05, 0.1) is 5.69 Å². The molecule has 7 nitrogen and oxygen atoms in total. The molecule has 0 fully saturated rings. The Morgan fingerprint density at radius 1 is 1.18 bits per heavy atom. The van der Waals surface area contributed by atoms with Crippen molar-refractivity contribution < 1.29 is 23.9 Å². The fourth-order valence-corrected chi connectivity index (χ4v) is 3.72. The van der Waals surface area contributed by atoms with Crippen LogP contribution in [0.3, 0.4) is 0 Å². The molecule has 0 spiro atoms. The molecule has 0 saturated heterocycles. The SMILES string of the molecule is CCC(C)NC(=O)CCCN1C(=O)COc2ccc(C(=O)COc3c(C)cccc3C)cc21. The summed E-state index contributed by atoms with van der Waals surface area (Å²) in [5.74, 6) is 0.843. The molecule has 1 unspecified atom stereocenters. The molecule has 1 heterocycles. The second-order valence-corrected chi connectivity index (χ2v) is 8.43. The molecule has 0 saturated carbocycles. The number of Topliss-reactive ketones (excluding diaryl/α,β-unsaturated/α-hetero) is 1. The van der Waals surface area contributed by atoms with Gasteiger partial charge in [0.15, 0.2) is 19.0 Å². The standard InChI is InChI=1S/C26H32N2O5/c1-5-19(4)27-24(30)10-7-13-28-21-14-20(11-12-23(21)32-16-25(28)31)22(29)15-33-26-17(2)8-6-9-18(26)3/h6,8-9,11-12,14,19H,5,7,10,13,15-16H2,1-4H3,(H,27,30). The number of aryl methyl sites for hydroxylation is 2. The van der Waals surface area contributed by atoms with Crippen molar-refractivity contribution in [3.63, 3.8) is 0 Å². The summed E-state index contributed by atoms with van der Waals surface area (Å²) in [5, 5.41) is 2.93. The molecule has 7 heteroatoms. The molecule has 0 aliphatic carbocycles. The van der Waals surface area contributed by atoms with Gasteiger partial charge in [0, 0.05) is 24.6 Å². The van der Waals surface area contributed by atoms with E-state index in [4.69, 9.17) is 9.47 Å². The van der Waals surface area contributed by atoms with Gasteiger partial charge in [0.25, 0.3) is 5.91 Å². The normalized spacial score (nSPS) is 13.7. The molecule has 1 aliphatic heterocycles. The molecule has 0 radical (unpaired) electrons. The minimum absolute atomic E-state index is 0.0298. The van der Waals surface area contributed by atoms with Gasteiger partial charge in [-0.15, -0.1) is 0 Å². The summed E-state index contributed by atoms with van der Waals surface area (Å²) in [7, 11) is 0. The van der Waals surface area contributed by atoms with Gasteiger partial charge in [0.2, 0.25) is 5.91 Å². The zero-order valence-electron chi connectivity index (χ0n) is 19.8. The molecule has 1 N–H and O–H groups in total. The summed E-state index contributed by atoms with van der Waals surface area (Å²) in [6.45, 7) is 8.07. The number of carbonyl (C=O) groups is 3. The molecule has 1 aliphatic rings. The van der Waals surface area contributed by atoms with Crippen LogP contribution in [-0.2, 0) is 9.59 Å². The van der Waals surface area contributed by atoms with E-state index in [0.29, 0.717) is 42.1 Å².